The molecule has 3 heteroatoms. The van der Waals surface area contributed by atoms with Gasteiger partial charge in [0.15, 0.2) is 0 Å². The van der Waals surface area contributed by atoms with Crippen molar-refractivity contribution in [2.24, 2.45) is 0 Å². The summed E-state index contributed by atoms with van der Waals surface area (Å²) in [5.74, 6) is -0.376. The highest BCUT2D eigenvalue weighted by atomic mass is 17.2. The van der Waals surface area contributed by atoms with E-state index in [4.69, 9.17) is 4.89 Å². The molecule has 114 valence electrons. The fourth-order valence-electron chi connectivity index (χ4n) is 2.13. The van der Waals surface area contributed by atoms with Crippen LogP contribution < -0.4 is 0 Å². The van der Waals surface area contributed by atoms with Gasteiger partial charge in [0, 0.05) is 6.92 Å². The zero-order valence-corrected chi connectivity index (χ0v) is 12.9. The predicted octanol–water partition coefficient (Wildman–Crippen LogP) is 5.18. The molecule has 0 rings (SSSR count). The Balaban J connectivity index is 2.93. The first-order valence-corrected chi connectivity index (χ1v) is 8.07. The number of unbranched alkanes of at least 4 members (excludes halogenated alkanes) is 11. The first-order chi connectivity index (χ1) is 9.27. The zero-order valence-electron chi connectivity index (χ0n) is 12.9. The Bertz CT molecular complexity index is 192. The average molecular weight is 272 g/mol. The quantitative estimate of drug-likeness (QED) is 0.248. The van der Waals surface area contributed by atoms with Crippen LogP contribution in [0.15, 0.2) is 0 Å². The van der Waals surface area contributed by atoms with Crippen LogP contribution in [0.2, 0.25) is 0 Å². The SMILES string of the molecule is CCCCCCCCCCCCCCOOC(C)=O. The topological polar surface area (TPSA) is 35.5 Å². The van der Waals surface area contributed by atoms with E-state index in [1.807, 2.05) is 0 Å². The van der Waals surface area contributed by atoms with Crippen LogP contribution in [-0.4, -0.2) is 12.6 Å². The van der Waals surface area contributed by atoms with Crippen molar-refractivity contribution in [1.82, 2.24) is 0 Å². The molecule has 0 heterocycles. The van der Waals surface area contributed by atoms with Gasteiger partial charge in [-0.05, 0) is 6.42 Å². The van der Waals surface area contributed by atoms with Crippen LogP contribution in [0.1, 0.15) is 90.9 Å². The largest absolute Gasteiger partial charge is 0.339 e. The molecule has 0 bridgehead atoms. The van der Waals surface area contributed by atoms with Gasteiger partial charge in [-0.25, -0.2) is 4.79 Å². The van der Waals surface area contributed by atoms with Gasteiger partial charge in [0.05, 0.1) is 6.61 Å². The van der Waals surface area contributed by atoms with Gasteiger partial charge in [-0.2, -0.15) is 4.89 Å². The van der Waals surface area contributed by atoms with Gasteiger partial charge >= 0.3 is 5.97 Å². The molecule has 0 aromatic heterocycles. The first-order valence-electron chi connectivity index (χ1n) is 8.07. The second-order valence-electron chi connectivity index (χ2n) is 5.29. The fourth-order valence-corrected chi connectivity index (χ4v) is 2.13. The number of hydrogen-bond acceptors (Lipinski definition) is 3. The normalized spacial score (nSPS) is 10.6. The maximum absolute atomic E-state index is 10.4. The molecule has 0 aromatic carbocycles. The van der Waals surface area contributed by atoms with Crippen molar-refractivity contribution in [1.29, 1.82) is 0 Å². The summed E-state index contributed by atoms with van der Waals surface area (Å²) in [6.45, 7) is 4.14. The van der Waals surface area contributed by atoms with Crippen molar-refractivity contribution >= 4 is 5.97 Å². The van der Waals surface area contributed by atoms with Gasteiger partial charge in [-0.1, -0.05) is 77.6 Å². The Morgan fingerprint density at radius 2 is 1.16 bits per heavy atom. The van der Waals surface area contributed by atoms with Crippen LogP contribution in [0.3, 0.4) is 0 Å². The molecular formula is C16H32O3. The van der Waals surface area contributed by atoms with E-state index in [0.29, 0.717) is 6.61 Å². The Morgan fingerprint density at radius 3 is 1.58 bits per heavy atom. The molecular weight excluding hydrogens is 240 g/mol. The number of carbonyl (C=O) groups excluding carboxylic acids is 1. The monoisotopic (exact) mass is 272 g/mol. The molecule has 0 saturated carbocycles. The van der Waals surface area contributed by atoms with E-state index >= 15 is 0 Å². The Hall–Kier alpha value is -0.570. The first kappa shape index (κ1) is 18.4. The second-order valence-corrected chi connectivity index (χ2v) is 5.29. The number of rotatable bonds is 14. The highest BCUT2D eigenvalue weighted by Crippen LogP contribution is 2.11. The van der Waals surface area contributed by atoms with Crippen LogP contribution >= 0.6 is 0 Å². The Morgan fingerprint density at radius 1 is 0.737 bits per heavy atom. The van der Waals surface area contributed by atoms with Crippen molar-refractivity contribution in [2.75, 3.05) is 6.61 Å². The summed E-state index contributed by atoms with van der Waals surface area (Å²) in [5, 5.41) is 0. The molecule has 0 unspecified atom stereocenters. The number of carbonyl (C=O) groups is 1. The molecule has 19 heavy (non-hydrogen) atoms. The van der Waals surface area contributed by atoms with E-state index in [2.05, 4.69) is 11.8 Å². The molecule has 0 N–H and O–H groups in total. The molecule has 0 aromatic rings. The average Bonchev–Trinajstić information content (AvgIpc) is 2.39. The lowest BCUT2D eigenvalue weighted by Crippen LogP contribution is -2.01. The minimum Gasteiger partial charge on any atom is -0.299 e. The lowest BCUT2D eigenvalue weighted by molar-refractivity contribution is -0.270. The molecule has 0 atom stereocenters. The van der Waals surface area contributed by atoms with Crippen molar-refractivity contribution in [3.63, 3.8) is 0 Å². The lowest BCUT2D eigenvalue weighted by Gasteiger charge is -2.03. The van der Waals surface area contributed by atoms with E-state index in [1.54, 1.807) is 0 Å². The summed E-state index contributed by atoms with van der Waals surface area (Å²) in [6, 6.07) is 0. The van der Waals surface area contributed by atoms with E-state index in [1.165, 1.54) is 71.1 Å². The molecule has 0 aliphatic rings. The minimum atomic E-state index is -0.376. The van der Waals surface area contributed by atoms with Gasteiger partial charge in [-0.3, -0.25) is 4.89 Å². The summed E-state index contributed by atoms with van der Waals surface area (Å²) in [5.41, 5.74) is 0. The smallest absolute Gasteiger partial charge is 0.299 e. The highest BCUT2D eigenvalue weighted by molar-refractivity contribution is 5.65. The maximum atomic E-state index is 10.4. The van der Waals surface area contributed by atoms with Crippen LogP contribution in [0.4, 0.5) is 0 Å². The molecule has 0 radical (unpaired) electrons. The summed E-state index contributed by atoms with van der Waals surface area (Å²) in [4.78, 5) is 19.6. The molecule has 0 amide bonds. The van der Waals surface area contributed by atoms with Crippen LogP contribution in [0, 0.1) is 0 Å². The molecule has 0 aliphatic carbocycles. The van der Waals surface area contributed by atoms with E-state index in [9.17, 15) is 4.79 Å². The maximum Gasteiger partial charge on any atom is 0.339 e. The molecule has 0 fully saturated rings. The van der Waals surface area contributed by atoms with Crippen LogP contribution in [0.5, 0.6) is 0 Å². The van der Waals surface area contributed by atoms with Crippen LogP contribution in [-0.2, 0) is 14.6 Å². The molecule has 0 spiro atoms. The van der Waals surface area contributed by atoms with Crippen LogP contribution in [0.25, 0.3) is 0 Å². The van der Waals surface area contributed by atoms with Crippen molar-refractivity contribution < 1.29 is 14.6 Å². The van der Waals surface area contributed by atoms with Crippen molar-refractivity contribution in [3.8, 4) is 0 Å². The summed E-state index contributed by atoms with van der Waals surface area (Å²) in [6.07, 6.45) is 15.9. The van der Waals surface area contributed by atoms with Gasteiger partial charge in [-0.15, -0.1) is 0 Å². The van der Waals surface area contributed by atoms with Gasteiger partial charge < -0.3 is 0 Å². The zero-order chi connectivity index (χ0) is 14.2. The summed E-state index contributed by atoms with van der Waals surface area (Å²) >= 11 is 0. The standard InChI is InChI=1S/C16H32O3/c1-3-4-5-6-7-8-9-10-11-12-13-14-15-18-19-16(2)17/h3-15H2,1-2H3. The summed E-state index contributed by atoms with van der Waals surface area (Å²) in [7, 11) is 0. The Kier molecular flexibility index (Phi) is 15.0. The minimum absolute atomic E-state index is 0.376. The third-order valence-corrected chi connectivity index (χ3v) is 3.26. The highest BCUT2D eigenvalue weighted by Gasteiger charge is 1.95. The third kappa shape index (κ3) is 17.4. The third-order valence-electron chi connectivity index (χ3n) is 3.26. The van der Waals surface area contributed by atoms with E-state index in [0.717, 1.165) is 12.8 Å². The molecule has 0 saturated heterocycles. The van der Waals surface area contributed by atoms with Crippen molar-refractivity contribution in [3.05, 3.63) is 0 Å². The van der Waals surface area contributed by atoms with E-state index in [-0.39, 0.29) is 5.97 Å². The predicted molar refractivity (Wildman–Crippen MR) is 78.8 cm³/mol. The number of hydrogen-bond donors (Lipinski definition) is 0. The molecule has 3 nitrogen and oxygen atoms in total. The second kappa shape index (κ2) is 15.5. The van der Waals surface area contributed by atoms with Crippen molar-refractivity contribution in [2.45, 2.75) is 90.9 Å². The van der Waals surface area contributed by atoms with E-state index < -0.39 is 0 Å². The Labute approximate surface area is 119 Å². The summed E-state index contributed by atoms with van der Waals surface area (Å²) < 4.78 is 0. The van der Waals surface area contributed by atoms with Gasteiger partial charge in [0.2, 0.25) is 0 Å². The molecule has 0 aliphatic heterocycles. The van der Waals surface area contributed by atoms with Gasteiger partial charge in [0.25, 0.3) is 0 Å². The van der Waals surface area contributed by atoms with Gasteiger partial charge in [0.1, 0.15) is 0 Å². The lowest BCUT2D eigenvalue weighted by atomic mass is 10.1. The fraction of sp³-hybridized carbons (Fsp3) is 0.938.